The maximum absolute atomic E-state index is 8.52. The fraction of sp³-hybridized carbons (Fsp3) is 0.250. The quantitative estimate of drug-likeness (QED) is 0.824. The Balaban J connectivity index is 2.08. The molecule has 0 fully saturated rings. The Morgan fingerprint density at radius 3 is 3.05 bits per heavy atom. The molecule has 5 nitrogen and oxygen atoms in total. The van der Waals surface area contributed by atoms with Gasteiger partial charge in [-0.2, -0.15) is 5.26 Å². The lowest BCUT2D eigenvalue weighted by atomic mass is 10.3. The van der Waals surface area contributed by atoms with Gasteiger partial charge >= 0.3 is 0 Å². The third-order valence-corrected chi connectivity index (χ3v) is 3.93. The third-order valence-electron chi connectivity index (χ3n) is 2.10. The Hall–Kier alpha value is -1.78. The van der Waals surface area contributed by atoms with Gasteiger partial charge in [-0.3, -0.25) is 0 Å². The highest BCUT2D eigenvalue weighted by Gasteiger charge is 2.07. The molecule has 0 spiro atoms. The lowest BCUT2D eigenvalue weighted by Crippen LogP contribution is -1.97. The van der Waals surface area contributed by atoms with Crippen molar-refractivity contribution in [3.63, 3.8) is 0 Å². The molecule has 2 aromatic rings. The number of nitrogens with one attached hydrogen (secondary N) is 1. The molecule has 0 unspecified atom stereocenters. The van der Waals surface area contributed by atoms with Crippen LogP contribution in [-0.4, -0.2) is 22.6 Å². The lowest BCUT2D eigenvalue weighted by Gasteiger charge is -2.09. The molecule has 1 aromatic heterocycles. The van der Waals surface area contributed by atoms with E-state index in [-0.39, 0.29) is 0 Å². The van der Waals surface area contributed by atoms with E-state index in [1.54, 1.807) is 0 Å². The number of hydrogen-bond acceptors (Lipinski definition) is 7. The Bertz CT molecular complexity index is 579. The first-order valence-corrected chi connectivity index (χ1v) is 7.45. The van der Waals surface area contributed by atoms with E-state index >= 15 is 0 Å². The second-order valence-electron chi connectivity index (χ2n) is 3.37. The molecule has 0 radical (unpaired) electrons. The molecule has 1 aromatic carbocycles. The van der Waals surface area contributed by atoms with E-state index in [0.29, 0.717) is 17.5 Å². The van der Waals surface area contributed by atoms with E-state index in [1.165, 1.54) is 23.1 Å². The van der Waals surface area contributed by atoms with Crippen LogP contribution in [-0.2, 0) is 0 Å². The third kappa shape index (κ3) is 3.84. The van der Waals surface area contributed by atoms with Gasteiger partial charge in [0, 0.05) is 0 Å². The second kappa shape index (κ2) is 6.97. The number of thioether (sulfide) groups is 1. The van der Waals surface area contributed by atoms with Crippen molar-refractivity contribution in [2.24, 2.45) is 0 Å². The van der Waals surface area contributed by atoms with Crippen molar-refractivity contribution in [2.45, 2.75) is 11.3 Å². The highest BCUT2D eigenvalue weighted by Crippen LogP contribution is 2.31. The number of benzene rings is 1. The zero-order valence-electron chi connectivity index (χ0n) is 10.3. The monoisotopic (exact) mass is 292 g/mol. The van der Waals surface area contributed by atoms with E-state index < -0.39 is 0 Å². The first-order chi connectivity index (χ1) is 9.33. The van der Waals surface area contributed by atoms with Gasteiger partial charge in [0.2, 0.25) is 5.13 Å². The molecule has 19 heavy (non-hydrogen) atoms. The number of para-hydroxylation sites is 2. The van der Waals surface area contributed by atoms with E-state index in [4.69, 9.17) is 10.00 Å². The molecular weight excluding hydrogens is 280 g/mol. The molecule has 0 bridgehead atoms. The van der Waals surface area contributed by atoms with E-state index in [1.807, 2.05) is 31.2 Å². The normalized spacial score (nSPS) is 9.89. The van der Waals surface area contributed by atoms with Crippen molar-refractivity contribution in [3.8, 4) is 11.8 Å². The largest absolute Gasteiger partial charge is 0.492 e. The standard InChI is InChI=1S/C12H12N4OS2/c1-2-17-10-6-4-3-5-9(10)14-11-15-16-12(19-11)18-8-7-13/h3-6H,2,8H2,1H3,(H,14,15). The van der Waals surface area contributed by atoms with Gasteiger partial charge in [-0.15, -0.1) is 10.2 Å². The summed E-state index contributed by atoms with van der Waals surface area (Å²) in [5.74, 6) is 1.16. The van der Waals surface area contributed by atoms with Gasteiger partial charge in [-0.1, -0.05) is 35.2 Å². The van der Waals surface area contributed by atoms with Gasteiger partial charge in [0.1, 0.15) is 5.75 Å². The van der Waals surface area contributed by atoms with Gasteiger partial charge in [0.15, 0.2) is 4.34 Å². The maximum Gasteiger partial charge on any atom is 0.210 e. The van der Waals surface area contributed by atoms with Crippen molar-refractivity contribution in [3.05, 3.63) is 24.3 Å². The minimum atomic E-state index is 0.379. The van der Waals surface area contributed by atoms with Crippen LogP contribution in [0.1, 0.15) is 6.92 Å². The summed E-state index contributed by atoms with van der Waals surface area (Å²) in [5, 5.41) is 20.4. The summed E-state index contributed by atoms with van der Waals surface area (Å²) in [4.78, 5) is 0. The van der Waals surface area contributed by atoms with Gasteiger partial charge in [-0.25, -0.2) is 0 Å². The highest BCUT2D eigenvalue weighted by molar-refractivity contribution is 8.01. The summed E-state index contributed by atoms with van der Waals surface area (Å²) >= 11 is 2.80. The average molecular weight is 292 g/mol. The smallest absolute Gasteiger partial charge is 0.210 e. The molecule has 0 saturated heterocycles. The molecule has 0 aliphatic heterocycles. The van der Waals surface area contributed by atoms with Crippen molar-refractivity contribution in [1.29, 1.82) is 5.26 Å². The summed E-state index contributed by atoms with van der Waals surface area (Å²) in [6.45, 7) is 2.55. The van der Waals surface area contributed by atoms with E-state index in [2.05, 4.69) is 21.6 Å². The minimum absolute atomic E-state index is 0.379. The highest BCUT2D eigenvalue weighted by atomic mass is 32.2. The molecule has 7 heteroatoms. The molecule has 0 aliphatic carbocycles. The Kier molecular flexibility index (Phi) is 5.01. The number of nitrogens with zero attached hydrogens (tertiary/aromatic N) is 3. The number of nitriles is 1. The van der Waals surface area contributed by atoms with Crippen LogP contribution in [0, 0.1) is 11.3 Å². The lowest BCUT2D eigenvalue weighted by molar-refractivity contribution is 0.342. The minimum Gasteiger partial charge on any atom is -0.492 e. The predicted molar refractivity (Wildman–Crippen MR) is 77.1 cm³/mol. The van der Waals surface area contributed by atoms with Crippen LogP contribution >= 0.6 is 23.1 Å². The molecule has 0 saturated carbocycles. The Labute approximate surface area is 119 Å². The van der Waals surface area contributed by atoms with Crippen molar-refractivity contribution >= 4 is 33.9 Å². The first-order valence-electron chi connectivity index (χ1n) is 5.65. The summed E-state index contributed by atoms with van der Waals surface area (Å²) < 4.78 is 6.30. The second-order valence-corrected chi connectivity index (χ2v) is 5.57. The van der Waals surface area contributed by atoms with Crippen molar-refractivity contribution < 1.29 is 4.74 Å². The molecule has 1 N–H and O–H groups in total. The molecule has 0 amide bonds. The Morgan fingerprint density at radius 1 is 1.42 bits per heavy atom. The molecule has 2 rings (SSSR count). The van der Waals surface area contributed by atoms with Crippen LogP contribution in [0.25, 0.3) is 0 Å². The van der Waals surface area contributed by atoms with Gasteiger partial charge in [0.25, 0.3) is 0 Å². The van der Waals surface area contributed by atoms with Gasteiger partial charge in [-0.05, 0) is 19.1 Å². The van der Waals surface area contributed by atoms with Crippen LogP contribution in [0.5, 0.6) is 5.75 Å². The Morgan fingerprint density at radius 2 is 2.26 bits per heavy atom. The van der Waals surface area contributed by atoms with Crippen molar-refractivity contribution in [1.82, 2.24) is 10.2 Å². The predicted octanol–water partition coefficient (Wildman–Crippen LogP) is 3.30. The molecule has 0 atom stereocenters. The summed E-state index contributed by atoms with van der Waals surface area (Å²) in [7, 11) is 0. The molecular formula is C12H12N4OS2. The zero-order chi connectivity index (χ0) is 13.5. The molecule has 98 valence electrons. The average Bonchev–Trinajstić information content (AvgIpc) is 2.87. The SMILES string of the molecule is CCOc1ccccc1Nc1nnc(SCC#N)s1. The first kappa shape index (κ1) is 13.6. The fourth-order valence-corrected chi connectivity index (χ4v) is 2.80. The van der Waals surface area contributed by atoms with Crippen LogP contribution in [0.2, 0.25) is 0 Å². The van der Waals surface area contributed by atoms with Crippen molar-refractivity contribution in [2.75, 3.05) is 17.7 Å². The topological polar surface area (TPSA) is 70.8 Å². The van der Waals surface area contributed by atoms with E-state index in [0.717, 1.165) is 15.8 Å². The van der Waals surface area contributed by atoms with Gasteiger partial charge in [0.05, 0.1) is 24.1 Å². The number of anilines is 2. The zero-order valence-corrected chi connectivity index (χ0v) is 11.9. The fourth-order valence-electron chi connectivity index (χ4n) is 1.38. The number of aromatic nitrogens is 2. The number of ether oxygens (including phenoxy) is 1. The summed E-state index contributed by atoms with van der Waals surface area (Å²) in [5.41, 5.74) is 0.859. The van der Waals surface area contributed by atoms with Crippen LogP contribution in [0.3, 0.4) is 0 Å². The molecule has 1 heterocycles. The van der Waals surface area contributed by atoms with Gasteiger partial charge < -0.3 is 10.1 Å². The summed E-state index contributed by atoms with van der Waals surface area (Å²) in [6.07, 6.45) is 0. The molecule has 0 aliphatic rings. The van der Waals surface area contributed by atoms with E-state index in [9.17, 15) is 0 Å². The summed E-state index contributed by atoms with van der Waals surface area (Å²) in [6, 6.07) is 9.74. The number of hydrogen-bond donors (Lipinski definition) is 1. The van der Waals surface area contributed by atoms with Crippen LogP contribution < -0.4 is 10.1 Å². The van der Waals surface area contributed by atoms with Crippen LogP contribution in [0.4, 0.5) is 10.8 Å². The number of rotatable bonds is 6. The maximum atomic E-state index is 8.52. The van der Waals surface area contributed by atoms with Crippen LogP contribution in [0.15, 0.2) is 28.6 Å².